The van der Waals surface area contributed by atoms with Crippen LogP contribution < -0.4 is 5.32 Å². The van der Waals surface area contributed by atoms with E-state index in [1.54, 1.807) is 12.3 Å². The van der Waals surface area contributed by atoms with Crippen LogP contribution >= 0.6 is 0 Å². The van der Waals surface area contributed by atoms with Gasteiger partial charge in [-0.2, -0.15) is 0 Å². The fourth-order valence-electron chi connectivity index (χ4n) is 2.33. The molecule has 0 aliphatic heterocycles. The largest absolute Gasteiger partial charge is 0.466 e. The highest BCUT2D eigenvalue weighted by Crippen LogP contribution is 2.47. The Bertz CT molecular complexity index is 592. The van der Waals surface area contributed by atoms with E-state index < -0.39 is 0 Å². The van der Waals surface area contributed by atoms with Crippen molar-refractivity contribution in [3.63, 3.8) is 0 Å². The average molecular weight is 270 g/mol. The summed E-state index contributed by atoms with van der Waals surface area (Å²) in [5, 5.41) is 2.77. The summed E-state index contributed by atoms with van der Waals surface area (Å²) in [6.45, 7) is 2.23. The Balaban J connectivity index is 1.49. The van der Waals surface area contributed by atoms with E-state index in [9.17, 15) is 4.79 Å². The molecule has 2 aromatic rings. The van der Waals surface area contributed by atoms with Gasteiger partial charge in [0.2, 0.25) is 5.91 Å². The number of amides is 1. The van der Waals surface area contributed by atoms with Crippen LogP contribution in [0.4, 0.5) is 5.82 Å². The van der Waals surface area contributed by atoms with Crippen LogP contribution in [-0.2, 0) is 11.2 Å². The molecule has 0 aromatic carbocycles. The van der Waals surface area contributed by atoms with E-state index >= 15 is 0 Å². The van der Waals surface area contributed by atoms with Gasteiger partial charge in [-0.3, -0.25) is 4.79 Å². The Morgan fingerprint density at radius 2 is 2.25 bits per heavy atom. The molecule has 1 fully saturated rings. The number of nitrogens with one attached hydrogen (secondary N) is 1. The van der Waals surface area contributed by atoms with E-state index in [2.05, 4.69) is 17.2 Å². The molecule has 0 spiro atoms. The second-order valence-corrected chi connectivity index (χ2v) is 5.39. The van der Waals surface area contributed by atoms with Crippen LogP contribution in [0.25, 0.3) is 0 Å². The molecule has 1 amide bonds. The predicted octanol–water partition coefficient (Wildman–Crippen LogP) is 3.37. The molecule has 0 bridgehead atoms. The lowest BCUT2D eigenvalue weighted by atomic mass is 10.2. The number of pyridine rings is 1. The fourth-order valence-corrected chi connectivity index (χ4v) is 2.33. The number of carbonyl (C=O) groups excluding carboxylic acids is 1. The van der Waals surface area contributed by atoms with Crippen LogP contribution in [0.5, 0.6) is 0 Å². The molecule has 1 N–H and O–H groups in total. The summed E-state index contributed by atoms with van der Waals surface area (Å²) >= 11 is 0. The quantitative estimate of drug-likeness (QED) is 0.906. The maximum absolute atomic E-state index is 11.8. The van der Waals surface area contributed by atoms with Gasteiger partial charge in [0, 0.05) is 25.0 Å². The highest BCUT2D eigenvalue weighted by molar-refractivity contribution is 5.89. The molecule has 0 unspecified atom stereocenters. The van der Waals surface area contributed by atoms with Gasteiger partial charge in [-0.05, 0) is 36.6 Å². The van der Waals surface area contributed by atoms with Crippen molar-refractivity contribution in [1.29, 1.82) is 0 Å². The Morgan fingerprint density at radius 1 is 1.40 bits per heavy atom. The van der Waals surface area contributed by atoms with Crippen molar-refractivity contribution < 1.29 is 9.21 Å². The predicted molar refractivity (Wildman–Crippen MR) is 76.4 cm³/mol. The minimum Gasteiger partial charge on any atom is -0.466 e. The Labute approximate surface area is 118 Å². The third-order valence-electron chi connectivity index (χ3n) is 3.69. The van der Waals surface area contributed by atoms with Crippen molar-refractivity contribution in [3.8, 4) is 0 Å². The molecule has 0 saturated heterocycles. The summed E-state index contributed by atoms with van der Waals surface area (Å²) in [6, 6.07) is 9.46. The van der Waals surface area contributed by atoms with E-state index in [0.717, 1.165) is 17.4 Å². The first-order valence-corrected chi connectivity index (χ1v) is 7.02. The number of hydrogen-bond donors (Lipinski definition) is 1. The third-order valence-corrected chi connectivity index (χ3v) is 3.69. The van der Waals surface area contributed by atoms with E-state index in [-0.39, 0.29) is 5.91 Å². The van der Waals surface area contributed by atoms with Gasteiger partial charge in [-0.1, -0.05) is 13.0 Å². The highest BCUT2D eigenvalue weighted by atomic mass is 16.3. The van der Waals surface area contributed by atoms with Gasteiger partial charge in [0.05, 0.1) is 0 Å². The van der Waals surface area contributed by atoms with Gasteiger partial charge in [-0.15, -0.1) is 0 Å². The van der Waals surface area contributed by atoms with Crippen molar-refractivity contribution >= 4 is 11.7 Å². The van der Waals surface area contributed by atoms with Crippen molar-refractivity contribution in [2.45, 2.75) is 32.1 Å². The molecular formula is C16H18N2O2. The van der Waals surface area contributed by atoms with Gasteiger partial charge in [0.25, 0.3) is 0 Å². The average Bonchev–Trinajstić information content (AvgIpc) is 3.01. The Kier molecular flexibility index (Phi) is 3.54. The molecule has 2 atom stereocenters. The van der Waals surface area contributed by atoms with Gasteiger partial charge < -0.3 is 9.73 Å². The molecule has 1 aliphatic rings. The molecule has 3 rings (SSSR count). The molecule has 4 heteroatoms. The van der Waals surface area contributed by atoms with Gasteiger partial charge in [-0.25, -0.2) is 4.98 Å². The van der Waals surface area contributed by atoms with Crippen LogP contribution in [0.2, 0.25) is 0 Å². The van der Waals surface area contributed by atoms with Crippen molar-refractivity contribution in [2.75, 3.05) is 5.32 Å². The number of aryl methyl sites for hydroxylation is 1. The monoisotopic (exact) mass is 270 g/mol. The highest BCUT2D eigenvalue weighted by Gasteiger charge is 2.36. The number of carbonyl (C=O) groups is 1. The van der Waals surface area contributed by atoms with Gasteiger partial charge in [0.1, 0.15) is 17.3 Å². The van der Waals surface area contributed by atoms with Crippen LogP contribution in [0, 0.1) is 5.92 Å². The lowest BCUT2D eigenvalue weighted by Crippen LogP contribution is -2.12. The van der Waals surface area contributed by atoms with Crippen LogP contribution in [0.1, 0.15) is 37.2 Å². The van der Waals surface area contributed by atoms with Gasteiger partial charge >= 0.3 is 0 Å². The second-order valence-electron chi connectivity index (χ2n) is 5.39. The molecule has 20 heavy (non-hydrogen) atoms. The minimum absolute atomic E-state index is 0.0403. The Hall–Kier alpha value is -2.10. The summed E-state index contributed by atoms with van der Waals surface area (Å²) in [5.74, 6) is 3.83. The molecular weight excluding hydrogens is 252 g/mol. The van der Waals surface area contributed by atoms with Crippen LogP contribution in [0.15, 0.2) is 40.9 Å². The smallest absolute Gasteiger partial charge is 0.225 e. The first kappa shape index (κ1) is 12.9. The van der Waals surface area contributed by atoms with E-state index in [4.69, 9.17) is 4.42 Å². The van der Waals surface area contributed by atoms with E-state index in [0.29, 0.717) is 24.6 Å². The third kappa shape index (κ3) is 3.07. The fraction of sp³-hybridized carbons (Fsp3) is 0.375. The number of hydrogen-bond acceptors (Lipinski definition) is 3. The SMILES string of the molecule is C[C@@H]1C[C@@H]1c1ccc(CCC(=O)Nc2ccccn2)o1. The maximum Gasteiger partial charge on any atom is 0.225 e. The second kappa shape index (κ2) is 5.49. The standard InChI is InChI=1S/C16H18N2O2/c1-11-10-13(11)14-7-5-12(20-14)6-8-16(19)18-15-4-2-3-9-17-15/h2-5,7,9,11,13H,6,8,10H2,1H3,(H,17,18,19)/t11-,13+/m1/s1. The van der Waals surface area contributed by atoms with Crippen LogP contribution in [0.3, 0.4) is 0 Å². The summed E-state index contributed by atoms with van der Waals surface area (Å²) in [5.41, 5.74) is 0. The van der Waals surface area contributed by atoms with Crippen LogP contribution in [-0.4, -0.2) is 10.9 Å². The molecule has 2 heterocycles. The maximum atomic E-state index is 11.8. The molecule has 104 valence electrons. The lowest BCUT2D eigenvalue weighted by molar-refractivity contribution is -0.116. The van der Waals surface area contributed by atoms with E-state index in [1.807, 2.05) is 24.3 Å². The zero-order valence-corrected chi connectivity index (χ0v) is 11.5. The normalized spacial score (nSPS) is 20.6. The zero-order chi connectivity index (χ0) is 13.9. The van der Waals surface area contributed by atoms with E-state index in [1.165, 1.54) is 6.42 Å². The summed E-state index contributed by atoms with van der Waals surface area (Å²) in [6.07, 6.45) is 3.90. The summed E-state index contributed by atoms with van der Waals surface area (Å²) < 4.78 is 5.78. The first-order chi connectivity index (χ1) is 9.72. The molecule has 1 aliphatic carbocycles. The van der Waals surface area contributed by atoms with Crippen molar-refractivity contribution in [1.82, 2.24) is 4.98 Å². The molecule has 1 saturated carbocycles. The first-order valence-electron chi connectivity index (χ1n) is 7.02. The summed E-state index contributed by atoms with van der Waals surface area (Å²) in [7, 11) is 0. The number of anilines is 1. The molecule has 4 nitrogen and oxygen atoms in total. The van der Waals surface area contributed by atoms with Crippen molar-refractivity contribution in [3.05, 3.63) is 48.0 Å². The molecule has 2 aromatic heterocycles. The number of nitrogens with zero attached hydrogens (tertiary/aromatic N) is 1. The molecule has 0 radical (unpaired) electrons. The van der Waals surface area contributed by atoms with Crippen molar-refractivity contribution in [2.24, 2.45) is 5.92 Å². The topological polar surface area (TPSA) is 55.1 Å². The number of aromatic nitrogens is 1. The van der Waals surface area contributed by atoms with Gasteiger partial charge in [0.15, 0.2) is 0 Å². The Morgan fingerprint density at radius 3 is 2.95 bits per heavy atom. The number of furan rings is 1. The summed E-state index contributed by atoms with van der Waals surface area (Å²) in [4.78, 5) is 15.9. The zero-order valence-electron chi connectivity index (χ0n) is 11.5. The number of rotatable bonds is 5. The lowest BCUT2D eigenvalue weighted by Gasteiger charge is -2.02. The minimum atomic E-state index is -0.0403.